The molecule has 0 saturated heterocycles. The van der Waals surface area contributed by atoms with E-state index in [0.29, 0.717) is 18.2 Å². The van der Waals surface area contributed by atoms with E-state index in [9.17, 15) is 4.79 Å². The average Bonchev–Trinajstić information content (AvgIpc) is 3.09. The molecule has 1 amide bonds. The first-order valence-corrected chi connectivity index (χ1v) is 11.0. The van der Waals surface area contributed by atoms with Gasteiger partial charge in [0.05, 0.1) is 11.4 Å². The molecule has 1 aliphatic rings. The van der Waals surface area contributed by atoms with Crippen molar-refractivity contribution in [2.45, 2.75) is 40.0 Å². The van der Waals surface area contributed by atoms with Crippen LogP contribution in [0.25, 0.3) is 16.6 Å². The van der Waals surface area contributed by atoms with Crippen LogP contribution in [0.1, 0.15) is 54.9 Å². The van der Waals surface area contributed by atoms with E-state index in [-0.39, 0.29) is 5.91 Å². The van der Waals surface area contributed by atoms with Crippen LogP contribution in [0.3, 0.4) is 0 Å². The minimum Gasteiger partial charge on any atom is -0.351 e. The van der Waals surface area contributed by atoms with Gasteiger partial charge in [0, 0.05) is 35.5 Å². The maximum Gasteiger partial charge on any atom is 0.267 e. The highest BCUT2D eigenvalue weighted by Gasteiger charge is 2.12. The Kier molecular flexibility index (Phi) is 6.44. The molecule has 1 aliphatic heterocycles. The van der Waals surface area contributed by atoms with Crippen LogP contribution in [0.15, 0.2) is 53.2 Å². The lowest BCUT2D eigenvalue weighted by Crippen LogP contribution is -2.24. The second-order valence-electron chi connectivity index (χ2n) is 8.03. The third kappa shape index (κ3) is 4.94. The first-order valence-electron chi connectivity index (χ1n) is 11.0. The van der Waals surface area contributed by atoms with Crippen molar-refractivity contribution in [3.05, 3.63) is 65.1 Å². The van der Waals surface area contributed by atoms with Gasteiger partial charge in [0.25, 0.3) is 5.91 Å². The standard InChI is InChI=1S/C25H28N6O/c1-4-5-10-27-24(32)22-15-18-14-19(13-17(3)23(18)30-22)29-25-28-12-9-21(31-25)20-7-6-16(2)8-11-26-20/h7-9,11-15,30H,4-6,10H2,1-3H3,(H,27,32)(H,28,29,31). The number of amides is 1. The average molecular weight is 429 g/mol. The van der Waals surface area contributed by atoms with E-state index in [1.807, 2.05) is 43.5 Å². The smallest absolute Gasteiger partial charge is 0.267 e. The number of aromatic nitrogens is 3. The number of nitrogens with zero attached hydrogens (tertiary/aromatic N) is 3. The molecular formula is C25H28N6O. The number of hydrogen-bond donors (Lipinski definition) is 3. The monoisotopic (exact) mass is 428 g/mol. The first kappa shape index (κ1) is 21.5. The second kappa shape index (κ2) is 9.60. The predicted molar refractivity (Wildman–Crippen MR) is 130 cm³/mol. The van der Waals surface area contributed by atoms with Gasteiger partial charge in [0.15, 0.2) is 0 Å². The van der Waals surface area contributed by atoms with Crippen LogP contribution < -0.4 is 10.6 Å². The number of nitrogens with one attached hydrogen (secondary N) is 3. The van der Waals surface area contributed by atoms with Gasteiger partial charge in [-0.15, -0.1) is 0 Å². The van der Waals surface area contributed by atoms with Crippen LogP contribution in [-0.4, -0.2) is 33.6 Å². The summed E-state index contributed by atoms with van der Waals surface area (Å²) in [6.45, 7) is 6.88. The van der Waals surface area contributed by atoms with E-state index in [1.165, 1.54) is 5.57 Å². The van der Waals surface area contributed by atoms with Crippen molar-refractivity contribution >= 4 is 40.4 Å². The summed E-state index contributed by atoms with van der Waals surface area (Å²) in [7, 11) is 0. The zero-order chi connectivity index (χ0) is 22.5. The van der Waals surface area contributed by atoms with Crippen molar-refractivity contribution < 1.29 is 4.79 Å². The molecule has 2 aromatic heterocycles. The lowest BCUT2D eigenvalue weighted by Gasteiger charge is -2.08. The number of anilines is 2. The molecule has 7 heteroatoms. The van der Waals surface area contributed by atoms with Crippen LogP contribution in [0.2, 0.25) is 0 Å². The Labute approximate surface area is 187 Å². The Hall–Kier alpha value is -3.74. The molecule has 3 N–H and O–H groups in total. The molecular weight excluding hydrogens is 400 g/mol. The molecule has 4 rings (SSSR count). The van der Waals surface area contributed by atoms with Gasteiger partial charge in [0.1, 0.15) is 5.69 Å². The minimum absolute atomic E-state index is 0.0819. The number of carbonyl (C=O) groups is 1. The lowest BCUT2D eigenvalue weighted by molar-refractivity contribution is 0.0949. The van der Waals surface area contributed by atoms with Gasteiger partial charge in [-0.25, -0.2) is 9.97 Å². The molecule has 0 saturated carbocycles. The third-order valence-electron chi connectivity index (χ3n) is 5.35. The third-order valence-corrected chi connectivity index (χ3v) is 5.35. The van der Waals surface area contributed by atoms with Crippen LogP contribution >= 0.6 is 0 Å². The highest BCUT2D eigenvalue weighted by molar-refractivity contribution is 5.99. The summed E-state index contributed by atoms with van der Waals surface area (Å²) in [4.78, 5) is 29.2. The normalized spacial score (nSPS) is 13.5. The first-order chi connectivity index (χ1) is 15.5. The van der Waals surface area contributed by atoms with E-state index in [0.717, 1.165) is 52.8 Å². The van der Waals surface area contributed by atoms with Crippen molar-refractivity contribution in [3.8, 4) is 0 Å². The highest BCUT2D eigenvalue weighted by atomic mass is 16.1. The highest BCUT2D eigenvalue weighted by Crippen LogP contribution is 2.26. The zero-order valence-corrected chi connectivity index (χ0v) is 18.7. The SMILES string of the molecule is CCCCNC(=O)c1cc2cc(Nc3nccc(C4=CCC(C)=CC=N4)n3)cc(C)c2[nH]1. The fourth-order valence-electron chi connectivity index (χ4n) is 3.58. The van der Waals surface area contributed by atoms with Gasteiger partial charge in [0.2, 0.25) is 5.95 Å². The molecule has 0 atom stereocenters. The quantitative estimate of drug-likeness (QED) is 0.445. The number of benzene rings is 1. The second-order valence-corrected chi connectivity index (χ2v) is 8.03. The maximum atomic E-state index is 12.4. The molecule has 0 aliphatic carbocycles. The summed E-state index contributed by atoms with van der Waals surface area (Å²) in [6, 6.07) is 7.75. The number of aliphatic imine (C=N–C) groups is 1. The van der Waals surface area contributed by atoms with Crippen molar-refractivity contribution in [2.75, 3.05) is 11.9 Å². The van der Waals surface area contributed by atoms with Crippen LogP contribution in [-0.2, 0) is 0 Å². The van der Waals surface area contributed by atoms with Crippen molar-refractivity contribution in [2.24, 2.45) is 4.99 Å². The molecule has 1 aromatic carbocycles. The predicted octanol–water partition coefficient (Wildman–Crippen LogP) is 5.30. The van der Waals surface area contributed by atoms with Gasteiger partial charge < -0.3 is 15.6 Å². The number of aromatic amines is 1. The Bertz CT molecular complexity index is 1230. The number of H-pyrrole nitrogens is 1. The Morgan fingerprint density at radius 3 is 2.94 bits per heavy atom. The summed E-state index contributed by atoms with van der Waals surface area (Å²) in [6.07, 6.45) is 10.5. The fraction of sp³-hybridized carbons (Fsp3) is 0.280. The van der Waals surface area contributed by atoms with Gasteiger partial charge in [-0.05, 0) is 62.6 Å². The summed E-state index contributed by atoms with van der Waals surface area (Å²) < 4.78 is 0. The van der Waals surface area contributed by atoms with E-state index in [2.05, 4.69) is 50.5 Å². The van der Waals surface area contributed by atoms with Crippen LogP contribution in [0, 0.1) is 6.92 Å². The maximum absolute atomic E-state index is 12.4. The number of hydrogen-bond acceptors (Lipinski definition) is 5. The largest absolute Gasteiger partial charge is 0.351 e. The summed E-state index contributed by atoms with van der Waals surface area (Å²) in [5.74, 6) is 0.417. The summed E-state index contributed by atoms with van der Waals surface area (Å²) in [5, 5.41) is 7.21. The summed E-state index contributed by atoms with van der Waals surface area (Å²) >= 11 is 0. The number of allylic oxidation sites excluding steroid dienone is 3. The molecule has 164 valence electrons. The molecule has 0 bridgehead atoms. The van der Waals surface area contributed by atoms with E-state index in [4.69, 9.17) is 0 Å². The number of fused-ring (bicyclic) bond motifs is 1. The van der Waals surface area contributed by atoms with Crippen LogP contribution in [0.5, 0.6) is 0 Å². The lowest BCUT2D eigenvalue weighted by atomic mass is 10.1. The topological polar surface area (TPSA) is 95.1 Å². The van der Waals surface area contributed by atoms with Crippen molar-refractivity contribution in [3.63, 3.8) is 0 Å². The Morgan fingerprint density at radius 1 is 1.22 bits per heavy atom. The van der Waals surface area contributed by atoms with E-state index >= 15 is 0 Å². The number of carbonyl (C=O) groups excluding carboxylic acids is 1. The summed E-state index contributed by atoms with van der Waals surface area (Å²) in [5.41, 5.74) is 6.27. The van der Waals surface area contributed by atoms with E-state index < -0.39 is 0 Å². The van der Waals surface area contributed by atoms with Gasteiger partial charge in [-0.3, -0.25) is 9.79 Å². The van der Waals surface area contributed by atoms with Gasteiger partial charge in [-0.1, -0.05) is 25.0 Å². The Morgan fingerprint density at radius 2 is 2.09 bits per heavy atom. The van der Waals surface area contributed by atoms with Crippen molar-refractivity contribution in [1.82, 2.24) is 20.3 Å². The molecule has 0 unspecified atom stereocenters. The minimum atomic E-state index is -0.0819. The zero-order valence-electron chi connectivity index (χ0n) is 18.7. The van der Waals surface area contributed by atoms with E-state index in [1.54, 1.807) is 6.20 Å². The fourth-order valence-corrected chi connectivity index (χ4v) is 3.58. The molecule has 0 spiro atoms. The molecule has 3 aromatic rings. The molecule has 0 fully saturated rings. The van der Waals surface area contributed by atoms with Crippen LogP contribution in [0.4, 0.5) is 11.6 Å². The molecule has 0 radical (unpaired) electrons. The number of rotatable bonds is 7. The number of unbranched alkanes of at least 4 members (excludes halogenated alkanes) is 1. The van der Waals surface area contributed by atoms with Gasteiger partial charge >= 0.3 is 0 Å². The molecule has 3 heterocycles. The molecule has 32 heavy (non-hydrogen) atoms. The number of aryl methyl sites for hydroxylation is 1. The van der Waals surface area contributed by atoms with Crippen molar-refractivity contribution in [1.29, 1.82) is 0 Å². The van der Waals surface area contributed by atoms with Gasteiger partial charge in [-0.2, -0.15) is 0 Å². The molecule has 7 nitrogen and oxygen atoms in total. The Balaban J connectivity index is 1.55.